The number of nitrogens with zero attached hydrogens (tertiary/aromatic N) is 2. The molecule has 74 valence electrons. The van der Waals surface area contributed by atoms with Crippen molar-refractivity contribution in [3.63, 3.8) is 0 Å². The quantitative estimate of drug-likeness (QED) is 0.734. The minimum absolute atomic E-state index is 0.0752. The number of Topliss-reactive ketones (excluding diaryl/α,β-unsaturated/α-hetero) is 1. The number of ketones is 1. The first kappa shape index (κ1) is 11.0. The second-order valence-electron chi connectivity index (χ2n) is 2.46. The number of carbonyl (C=O) groups is 1. The van der Waals surface area contributed by atoms with Crippen LogP contribution < -0.4 is 4.74 Å². The van der Waals surface area contributed by atoms with Gasteiger partial charge in [-0.2, -0.15) is 9.64 Å². The van der Waals surface area contributed by atoms with E-state index in [9.17, 15) is 4.79 Å². The Bertz CT molecular complexity index is 381. The van der Waals surface area contributed by atoms with E-state index in [4.69, 9.17) is 10.00 Å². The number of rotatable bonds is 4. The highest BCUT2D eigenvalue weighted by Gasteiger charge is 2.14. The summed E-state index contributed by atoms with van der Waals surface area (Å²) < 4.78 is 9.59. The van der Waals surface area contributed by atoms with Gasteiger partial charge in [0.15, 0.2) is 0 Å². The minimum Gasteiger partial charge on any atom is -0.479 e. The van der Waals surface area contributed by atoms with Gasteiger partial charge in [-0.05, 0) is 18.5 Å². The number of hydrogen-bond acceptors (Lipinski definition) is 6. The first-order valence-electron chi connectivity index (χ1n) is 3.75. The average molecular weight is 228 g/mol. The van der Waals surface area contributed by atoms with E-state index in [1.807, 2.05) is 6.07 Å². The van der Waals surface area contributed by atoms with Gasteiger partial charge >= 0.3 is 0 Å². The van der Waals surface area contributed by atoms with Crippen LogP contribution in [0.15, 0.2) is 4.21 Å². The zero-order valence-electron chi connectivity index (χ0n) is 7.73. The summed E-state index contributed by atoms with van der Waals surface area (Å²) in [5.41, 5.74) is 0.420. The second-order valence-corrected chi connectivity index (χ2v) is 4.47. The number of aromatic nitrogens is 1. The molecule has 14 heavy (non-hydrogen) atoms. The smallest absolute Gasteiger partial charge is 0.244 e. The Balaban J connectivity index is 2.82. The Morgan fingerprint density at radius 3 is 3.00 bits per heavy atom. The third kappa shape index (κ3) is 2.47. The van der Waals surface area contributed by atoms with Gasteiger partial charge in [0.1, 0.15) is 21.6 Å². The van der Waals surface area contributed by atoms with Crippen molar-refractivity contribution >= 4 is 29.1 Å². The summed E-state index contributed by atoms with van der Waals surface area (Å²) in [7, 11) is 1.47. The van der Waals surface area contributed by atoms with Gasteiger partial charge in [0.25, 0.3) is 0 Å². The maximum Gasteiger partial charge on any atom is 0.244 e. The van der Waals surface area contributed by atoms with Gasteiger partial charge in [-0.15, -0.1) is 11.8 Å². The van der Waals surface area contributed by atoms with Gasteiger partial charge in [0, 0.05) is 0 Å². The summed E-state index contributed by atoms with van der Waals surface area (Å²) in [6.45, 7) is 1.51. The van der Waals surface area contributed by atoms with Crippen molar-refractivity contribution in [1.82, 2.24) is 4.37 Å². The van der Waals surface area contributed by atoms with Crippen molar-refractivity contribution in [2.45, 2.75) is 11.1 Å². The Morgan fingerprint density at radius 1 is 1.79 bits per heavy atom. The summed E-state index contributed by atoms with van der Waals surface area (Å²) >= 11 is 2.50. The molecule has 0 aliphatic rings. The standard InChI is InChI=1S/C8H8N2O2S2/c1-5(11)4-13-8-6(3-9)7(12-2)10-14-8/h4H2,1-2H3. The lowest BCUT2D eigenvalue weighted by molar-refractivity contribution is -0.114. The molecule has 0 N–H and O–H groups in total. The zero-order valence-corrected chi connectivity index (χ0v) is 9.37. The molecule has 1 aromatic heterocycles. The van der Waals surface area contributed by atoms with Crippen molar-refractivity contribution < 1.29 is 9.53 Å². The highest BCUT2D eigenvalue weighted by atomic mass is 32.2. The third-order valence-electron chi connectivity index (χ3n) is 1.34. The molecule has 0 aliphatic heterocycles. The second kappa shape index (κ2) is 4.98. The molecule has 1 rings (SSSR count). The van der Waals surface area contributed by atoms with E-state index >= 15 is 0 Å². The molecule has 0 bridgehead atoms. The number of carbonyl (C=O) groups excluding carboxylic acids is 1. The normalized spacial score (nSPS) is 9.50. The Morgan fingerprint density at radius 2 is 2.50 bits per heavy atom. The molecule has 0 amide bonds. The largest absolute Gasteiger partial charge is 0.479 e. The number of nitriles is 1. The van der Waals surface area contributed by atoms with Crippen molar-refractivity contribution in [3.8, 4) is 11.9 Å². The van der Waals surface area contributed by atoms with Crippen LogP contribution in [0, 0.1) is 11.3 Å². The van der Waals surface area contributed by atoms with Gasteiger partial charge < -0.3 is 4.74 Å². The molecule has 0 radical (unpaired) electrons. The maximum atomic E-state index is 10.7. The highest BCUT2D eigenvalue weighted by Crippen LogP contribution is 2.32. The molecule has 6 heteroatoms. The number of ether oxygens (including phenoxy) is 1. The maximum absolute atomic E-state index is 10.7. The number of methoxy groups -OCH3 is 1. The lowest BCUT2D eigenvalue weighted by atomic mass is 10.4. The Labute approximate surface area is 90.0 Å². The van der Waals surface area contributed by atoms with Crippen LogP contribution in [0.3, 0.4) is 0 Å². The molecule has 0 fully saturated rings. The van der Waals surface area contributed by atoms with E-state index in [1.165, 1.54) is 37.3 Å². The summed E-state index contributed by atoms with van der Waals surface area (Å²) in [5, 5.41) is 8.82. The lowest BCUT2D eigenvalue weighted by Gasteiger charge is -1.94. The van der Waals surface area contributed by atoms with Crippen LogP contribution in [0.2, 0.25) is 0 Å². The highest BCUT2D eigenvalue weighted by molar-refractivity contribution is 8.01. The topological polar surface area (TPSA) is 63.0 Å². The third-order valence-corrected chi connectivity index (χ3v) is 3.56. The average Bonchev–Trinajstić information content (AvgIpc) is 2.56. The van der Waals surface area contributed by atoms with Crippen LogP contribution >= 0.6 is 23.3 Å². The monoisotopic (exact) mass is 228 g/mol. The molecule has 0 aromatic carbocycles. The van der Waals surface area contributed by atoms with Crippen LogP contribution in [0.1, 0.15) is 12.5 Å². The van der Waals surface area contributed by atoms with Crippen LogP contribution in [-0.2, 0) is 4.79 Å². The van der Waals surface area contributed by atoms with Crippen LogP contribution in [0.25, 0.3) is 0 Å². The van der Waals surface area contributed by atoms with E-state index in [2.05, 4.69) is 4.37 Å². The SMILES string of the molecule is COc1nsc(SCC(C)=O)c1C#N. The first-order valence-corrected chi connectivity index (χ1v) is 5.51. The summed E-state index contributed by atoms with van der Waals surface area (Å²) in [6.07, 6.45) is 0. The summed E-state index contributed by atoms with van der Waals surface area (Å²) in [6, 6.07) is 2.01. The van der Waals surface area contributed by atoms with Crippen LogP contribution in [0.4, 0.5) is 0 Å². The van der Waals surface area contributed by atoms with Gasteiger partial charge in [0.05, 0.1) is 12.9 Å². The lowest BCUT2D eigenvalue weighted by Crippen LogP contribution is -1.92. The van der Waals surface area contributed by atoms with Gasteiger partial charge in [-0.1, -0.05) is 0 Å². The first-order chi connectivity index (χ1) is 6.69. The van der Waals surface area contributed by atoms with Crippen molar-refractivity contribution in [2.24, 2.45) is 0 Å². The molecule has 0 saturated carbocycles. The zero-order chi connectivity index (χ0) is 10.6. The molecule has 0 atom stereocenters. The Kier molecular flexibility index (Phi) is 3.92. The minimum atomic E-state index is 0.0752. The molecular weight excluding hydrogens is 220 g/mol. The number of thioether (sulfide) groups is 1. The van der Waals surface area contributed by atoms with Gasteiger partial charge in [-0.3, -0.25) is 4.79 Å². The predicted octanol–water partition coefficient (Wildman–Crippen LogP) is 1.70. The molecule has 0 saturated heterocycles. The van der Waals surface area contributed by atoms with Crippen molar-refractivity contribution in [1.29, 1.82) is 5.26 Å². The molecular formula is C8H8N2O2S2. The van der Waals surface area contributed by atoms with Crippen molar-refractivity contribution in [2.75, 3.05) is 12.9 Å². The fraction of sp³-hybridized carbons (Fsp3) is 0.375. The molecule has 1 aromatic rings. The fourth-order valence-corrected chi connectivity index (χ4v) is 2.43. The van der Waals surface area contributed by atoms with Gasteiger partial charge in [0.2, 0.25) is 5.88 Å². The van der Waals surface area contributed by atoms with Gasteiger partial charge in [-0.25, -0.2) is 0 Å². The molecule has 0 spiro atoms. The van der Waals surface area contributed by atoms with E-state index in [0.29, 0.717) is 17.2 Å². The molecule has 0 unspecified atom stereocenters. The molecule has 1 heterocycles. The van der Waals surface area contributed by atoms with Crippen LogP contribution in [0.5, 0.6) is 5.88 Å². The molecule has 4 nitrogen and oxygen atoms in total. The Hall–Kier alpha value is -1.06. The molecule has 0 aliphatic carbocycles. The predicted molar refractivity (Wildman–Crippen MR) is 54.8 cm³/mol. The van der Waals surface area contributed by atoms with Crippen LogP contribution in [-0.4, -0.2) is 23.0 Å². The number of hydrogen-bond donors (Lipinski definition) is 0. The fourth-order valence-electron chi connectivity index (χ4n) is 0.760. The summed E-state index contributed by atoms with van der Waals surface area (Å²) in [5.74, 6) is 0.773. The van der Waals surface area contributed by atoms with Crippen molar-refractivity contribution in [3.05, 3.63) is 5.56 Å². The van der Waals surface area contributed by atoms with E-state index in [0.717, 1.165) is 4.21 Å². The summed E-state index contributed by atoms with van der Waals surface area (Å²) in [4.78, 5) is 10.7. The van der Waals surface area contributed by atoms with E-state index in [1.54, 1.807) is 0 Å². The van der Waals surface area contributed by atoms with E-state index in [-0.39, 0.29) is 5.78 Å². The van der Waals surface area contributed by atoms with E-state index < -0.39 is 0 Å².